The highest BCUT2D eigenvalue weighted by molar-refractivity contribution is 5.49. The molecule has 0 atom stereocenters. The van der Waals surface area contributed by atoms with Gasteiger partial charge in [0.05, 0.1) is 12.3 Å². The molecule has 0 bridgehead atoms. The van der Waals surface area contributed by atoms with Gasteiger partial charge in [-0.2, -0.15) is 4.98 Å². The molecule has 1 aromatic heterocycles. The molecule has 1 heterocycles. The summed E-state index contributed by atoms with van der Waals surface area (Å²) in [6.45, 7) is 3.23. The molecule has 20 heavy (non-hydrogen) atoms. The van der Waals surface area contributed by atoms with Crippen LogP contribution in [0.15, 0.2) is 42.5 Å². The fourth-order valence-corrected chi connectivity index (χ4v) is 1.59. The summed E-state index contributed by atoms with van der Waals surface area (Å²) < 4.78 is 16.3. The van der Waals surface area contributed by atoms with Crippen LogP contribution in [-0.2, 0) is 0 Å². The van der Waals surface area contributed by atoms with Crippen LogP contribution in [0.1, 0.15) is 6.92 Å². The Labute approximate surface area is 118 Å². The van der Waals surface area contributed by atoms with Crippen molar-refractivity contribution in [3.63, 3.8) is 0 Å². The summed E-state index contributed by atoms with van der Waals surface area (Å²) in [5.41, 5.74) is 6.24. The van der Waals surface area contributed by atoms with E-state index >= 15 is 0 Å². The summed E-state index contributed by atoms with van der Waals surface area (Å²) in [7, 11) is 0. The molecule has 2 aromatic rings. The molecule has 2 N–H and O–H groups in total. The van der Waals surface area contributed by atoms with Crippen molar-refractivity contribution in [3.8, 4) is 17.5 Å². The van der Waals surface area contributed by atoms with Gasteiger partial charge in [0, 0.05) is 6.07 Å². The van der Waals surface area contributed by atoms with Crippen LogP contribution in [0, 0.1) is 0 Å². The van der Waals surface area contributed by atoms with Gasteiger partial charge in [0.15, 0.2) is 0 Å². The van der Waals surface area contributed by atoms with Crippen LogP contribution in [0.25, 0.3) is 0 Å². The predicted octanol–water partition coefficient (Wildman–Crippen LogP) is 2.52. The van der Waals surface area contributed by atoms with E-state index in [9.17, 15) is 0 Å². The highest BCUT2D eigenvalue weighted by Crippen LogP contribution is 2.21. The fraction of sp³-hybridized carbons (Fsp3) is 0.267. The van der Waals surface area contributed by atoms with Crippen molar-refractivity contribution in [1.82, 2.24) is 4.98 Å². The summed E-state index contributed by atoms with van der Waals surface area (Å²) in [5.74, 6) is 1.68. The number of nitrogens with two attached hydrogens (primary N) is 1. The van der Waals surface area contributed by atoms with Crippen molar-refractivity contribution < 1.29 is 14.2 Å². The first-order chi connectivity index (χ1) is 9.79. The van der Waals surface area contributed by atoms with Crippen molar-refractivity contribution in [1.29, 1.82) is 0 Å². The minimum Gasteiger partial charge on any atom is -0.490 e. The van der Waals surface area contributed by atoms with E-state index in [-0.39, 0.29) is 0 Å². The van der Waals surface area contributed by atoms with Crippen LogP contribution in [0.5, 0.6) is 17.5 Å². The number of hydrogen-bond acceptors (Lipinski definition) is 5. The fourth-order valence-electron chi connectivity index (χ4n) is 1.59. The number of benzene rings is 1. The Bertz CT molecular complexity index is 532. The van der Waals surface area contributed by atoms with E-state index in [1.165, 1.54) is 0 Å². The smallest absolute Gasteiger partial charge is 0.240 e. The van der Waals surface area contributed by atoms with E-state index in [1.807, 2.05) is 37.3 Å². The van der Waals surface area contributed by atoms with Gasteiger partial charge in [0.2, 0.25) is 11.8 Å². The van der Waals surface area contributed by atoms with Crippen LogP contribution in [0.3, 0.4) is 0 Å². The lowest BCUT2D eigenvalue weighted by Crippen LogP contribution is -2.10. The van der Waals surface area contributed by atoms with Crippen molar-refractivity contribution >= 4 is 5.69 Å². The molecule has 0 spiro atoms. The molecule has 106 valence electrons. The third-order valence-corrected chi connectivity index (χ3v) is 2.49. The number of rotatable bonds is 7. The van der Waals surface area contributed by atoms with Gasteiger partial charge in [0.1, 0.15) is 19.0 Å². The zero-order valence-corrected chi connectivity index (χ0v) is 11.4. The lowest BCUT2D eigenvalue weighted by atomic mass is 10.3. The molecule has 5 nitrogen and oxygen atoms in total. The molecule has 0 saturated carbocycles. The minimum atomic E-state index is 0.397. The second-order valence-corrected chi connectivity index (χ2v) is 3.99. The quantitative estimate of drug-likeness (QED) is 0.786. The van der Waals surface area contributed by atoms with E-state index in [0.717, 1.165) is 5.75 Å². The molecule has 0 amide bonds. The Morgan fingerprint density at radius 1 is 0.950 bits per heavy atom. The number of nitrogen functional groups attached to an aromatic ring is 1. The first kappa shape index (κ1) is 14.0. The SMILES string of the molecule is CCOc1nc(OCCOc2ccccc2)ccc1N. The largest absolute Gasteiger partial charge is 0.490 e. The van der Waals surface area contributed by atoms with Crippen LogP contribution in [0.4, 0.5) is 5.69 Å². The molecule has 0 radical (unpaired) electrons. The number of anilines is 1. The number of hydrogen-bond donors (Lipinski definition) is 1. The molecule has 0 aliphatic heterocycles. The first-order valence-electron chi connectivity index (χ1n) is 6.49. The summed E-state index contributed by atoms with van der Waals surface area (Å²) in [6.07, 6.45) is 0. The van der Waals surface area contributed by atoms with Crippen LogP contribution < -0.4 is 19.9 Å². The third-order valence-electron chi connectivity index (χ3n) is 2.49. The molecule has 0 saturated heterocycles. The zero-order valence-electron chi connectivity index (χ0n) is 11.4. The number of nitrogens with zero attached hydrogens (tertiary/aromatic N) is 1. The lowest BCUT2D eigenvalue weighted by Gasteiger charge is -2.10. The maximum atomic E-state index is 5.74. The Hall–Kier alpha value is -2.43. The highest BCUT2D eigenvalue weighted by Gasteiger charge is 2.04. The lowest BCUT2D eigenvalue weighted by molar-refractivity contribution is 0.209. The number of para-hydroxylation sites is 1. The van der Waals surface area contributed by atoms with Crippen molar-refractivity contribution in [2.24, 2.45) is 0 Å². The molecular weight excluding hydrogens is 256 g/mol. The number of ether oxygens (including phenoxy) is 3. The average Bonchev–Trinajstić information content (AvgIpc) is 2.48. The van der Waals surface area contributed by atoms with Crippen molar-refractivity contribution in [3.05, 3.63) is 42.5 Å². The molecular formula is C15H18N2O3. The first-order valence-corrected chi connectivity index (χ1v) is 6.49. The topological polar surface area (TPSA) is 66.6 Å². The second kappa shape index (κ2) is 7.23. The molecule has 0 aliphatic carbocycles. The monoisotopic (exact) mass is 274 g/mol. The van der Waals surface area contributed by atoms with Crippen LogP contribution in [-0.4, -0.2) is 24.8 Å². The van der Waals surface area contributed by atoms with E-state index in [1.54, 1.807) is 12.1 Å². The van der Waals surface area contributed by atoms with Gasteiger partial charge in [-0.1, -0.05) is 18.2 Å². The van der Waals surface area contributed by atoms with Crippen LogP contribution in [0.2, 0.25) is 0 Å². The minimum absolute atomic E-state index is 0.397. The van der Waals surface area contributed by atoms with E-state index in [4.69, 9.17) is 19.9 Å². The Morgan fingerprint density at radius 3 is 2.45 bits per heavy atom. The Balaban J connectivity index is 1.80. The normalized spacial score (nSPS) is 10.1. The predicted molar refractivity (Wildman–Crippen MR) is 77.3 cm³/mol. The van der Waals surface area contributed by atoms with Gasteiger partial charge in [-0.3, -0.25) is 0 Å². The molecule has 0 fully saturated rings. The number of pyridine rings is 1. The molecule has 1 aromatic carbocycles. The summed E-state index contributed by atoms with van der Waals surface area (Å²) in [4.78, 5) is 4.18. The number of aromatic nitrogens is 1. The highest BCUT2D eigenvalue weighted by atomic mass is 16.5. The second-order valence-electron chi connectivity index (χ2n) is 3.99. The van der Waals surface area contributed by atoms with Gasteiger partial charge in [-0.15, -0.1) is 0 Å². The molecule has 0 unspecified atom stereocenters. The maximum Gasteiger partial charge on any atom is 0.240 e. The summed E-state index contributed by atoms with van der Waals surface area (Å²) in [6, 6.07) is 13.0. The summed E-state index contributed by atoms with van der Waals surface area (Å²) in [5, 5.41) is 0. The van der Waals surface area contributed by atoms with Gasteiger partial charge >= 0.3 is 0 Å². The van der Waals surface area contributed by atoms with Gasteiger partial charge in [-0.05, 0) is 25.1 Å². The Kier molecular flexibility index (Phi) is 5.06. The maximum absolute atomic E-state index is 5.74. The molecule has 0 aliphatic rings. The molecule has 2 rings (SSSR count). The third kappa shape index (κ3) is 4.05. The van der Waals surface area contributed by atoms with E-state index in [0.29, 0.717) is 37.3 Å². The zero-order chi connectivity index (χ0) is 14.2. The van der Waals surface area contributed by atoms with Crippen LogP contribution >= 0.6 is 0 Å². The van der Waals surface area contributed by atoms with Gasteiger partial charge < -0.3 is 19.9 Å². The van der Waals surface area contributed by atoms with Crippen molar-refractivity contribution in [2.75, 3.05) is 25.6 Å². The molecule has 5 heteroatoms. The Morgan fingerprint density at radius 2 is 1.70 bits per heavy atom. The van der Waals surface area contributed by atoms with Gasteiger partial charge in [-0.25, -0.2) is 0 Å². The summed E-state index contributed by atoms with van der Waals surface area (Å²) >= 11 is 0. The van der Waals surface area contributed by atoms with Gasteiger partial charge in [0.25, 0.3) is 0 Å². The van der Waals surface area contributed by atoms with E-state index in [2.05, 4.69) is 4.98 Å². The standard InChI is InChI=1S/C15H18N2O3/c1-2-18-15-13(16)8-9-14(17-15)20-11-10-19-12-6-4-3-5-7-12/h3-9H,2,10-11,16H2,1H3. The van der Waals surface area contributed by atoms with E-state index < -0.39 is 0 Å². The average molecular weight is 274 g/mol. The van der Waals surface area contributed by atoms with Crippen molar-refractivity contribution in [2.45, 2.75) is 6.92 Å².